The minimum Gasteiger partial charge on any atom is -0.399 e. The second kappa shape index (κ2) is 5.54. The molecule has 0 saturated carbocycles. The summed E-state index contributed by atoms with van der Waals surface area (Å²) in [5.41, 5.74) is 8.55. The van der Waals surface area contributed by atoms with Gasteiger partial charge in [0.15, 0.2) is 0 Å². The van der Waals surface area contributed by atoms with Crippen molar-refractivity contribution in [3.8, 4) is 5.69 Å². The van der Waals surface area contributed by atoms with Crippen LogP contribution in [0.5, 0.6) is 0 Å². The van der Waals surface area contributed by atoms with E-state index < -0.39 is 0 Å². The third-order valence-electron chi connectivity index (χ3n) is 3.16. The van der Waals surface area contributed by atoms with Gasteiger partial charge in [0.05, 0.1) is 0 Å². The van der Waals surface area contributed by atoms with Gasteiger partial charge in [0.1, 0.15) is 0 Å². The number of amides is 1. The van der Waals surface area contributed by atoms with E-state index in [2.05, 4.69) is 5.32 Å². The topological polar surface area (TPSA) is 60.1 Å². The number of nitrogens with zero attached hydrogens (tertiary/aromatic N) is 1. The highest BCUT2D eigenvalue weighted by atomic mass is 16.1. The molecule has 1 heterocycles. The fourth-order valence-corrected chi connectivity index (χ4v) is 2.13. The lowest BCUT2D eigenvalue weighted by molar-refractivity contribution is 0.102. The summed E-state index contributed by atoms with van der Waals surface area (Å²) in [6, 6.07) is 18.5. The number of hydrogen-bond acceptors (Lipinski definition) is 2. The Morgan fingerprint density at radius 2 is 1.71 bits per heavy atom. The molecule has 0 aliphatic rings. The van der Waals surface area contributed by atoms with Crippen molar-refractivity contribution in [2.75, 3.05) is 11.1 Å². The second-order valence-electron chi connectivity index (χ2n) is 4.72. The molecule has 0 unspecified atom stereocenters. The first-order valence-electron chi connectivity index (χ1n) is 6.63. The van der Waals surface area contributed by atoms with E-state index in [1.54, 1.807) is 24.3 Å². The Hall–Kier alpha value is -3.01. The van der Waals surface area contributed by atoms with Crippen molar-refractivity contribution in [3.63, 3.8) is 0 Å². The van der Waals surface area contributed by atoms with Gasteiger partial charge >= 0.3 is 0 Å². The van der Waals surface area contributed by atoms with Crippen molar-refractivity contribution in [1.82, 2.24) is 4.57 Å². The number of carbonyl (C=O) groups is 1. The molecule has 0 atom stereocenters. The minimum absolute atomic E-state index is 0.174. The van der Waals surface area contributed by atoms with Crippen LogP contribution in [0.15, 0.2) is 73.1 Å². The summed E-state index contributed by atoms with van der Waals surface area (Å²) < 4.78 is 1.98. The van der Waals surface area contributed by atoms with Gasteiger partial charge in [0.2, 0.25) is 0 Å². The molecule has 0 radical (unpaired) electrons. The molecule has 4 heteroatoms. The van der Waals surface area contributed by atoms with Crippen molar-refractivity contribution in [2.24, 2.45) is 0 Å². The molecule has 0 bridgehead atoms. The van der Waals surface area contributed by atoms with Crippen LogP contribution in [-0.2, 0) is 0 Å². The highest BCUT2D eigenvalue weighted by Crippen LogP contribution is 2.16. The molecular weight excluding hydrogens is 262 g/mol. The van der Waals surface area contributed by atoms with E-state index in [0.29, 0.717) is 11.3 Å². The summed E-state index contributed by atoms with van der Waals surface area (Å²) >= 11 is 0. The lowest BCUT2D eigenvalue weighted by atomic mass is 10.2. The number of hydrogen-bond donors (Lipinski definition) is 2. The zero-order valence-electron chi connectivity index (χ0n) is 11.4. The Bertz CT molecular complexity index is 763. The highest BCUT2D eigenvalue weighted by Gasteiger charge is 2.06. The molecule has 4 nitrogen and oxygen atoms in total. The SMILES string of the molecule is Nc1cccc(C(=O)Nc2cccc(-n3cccc3)c2)c1. The van der Waals surface area contributed by atoms with E-state index in [0.717, 1.165) is 11.4 Å². The maximum atomic E-state index is 12.2. The first kappa shape index (κ1) is 13.0. The van der Waals surface area contributed by atoms with E-state index >= 15 is 0 Å². The Morgan fingerprint density at radius 1 is 0.952 bits per heavy atom. The number of nitrogens with two attached hydrogens (primary N) is 1. The zero-order chi connectivity index (χ0) is 14.7. The number of benzene rings is 2. The van der Waals surface area contributed by atoms with E-state index in [-0.39, 0.29) is 5.91 Å². The highest BCUT2D eigenvalue weighted by molar-refractivity contribution is 6.04. The molecule has 0 saturated heterocycles. The standard InChI is InChI=1S/C17H15N3O/c18-14-6-3-5-13(11-14)17(21)19-15-7-4-8-16(12-15)20-9-1-2-10-20/h1-12H,18H2,(H,19,21). The monoisotopic (exact) mass is 277 g/mol. The number of carbonyl (C=O) groups excluding carboxylic acids is 1. The third-order valence-corrected chi connectivity index (χ3v) is 3.16. The molecule has 21 heavy (non-hydrogen) atoms. The smallest absolute Gasteiger partial charge is 0.255 e. The largest absolute Gasteiger partial charge is 0.399 e. The summed E-state index contributed by atoms with van der Waals surface area (Å²) in [5.74, 6) is -0.174. The lowest BCUT2D eigenvalue weighted by Crippen LogP contribution is -2.12. The molecule has 0 aliphatic heterocycles. The van der Waals surface area contributed by atoms with Crippen molar-refractivity contribution in [2.45, 2.75) is 0 Å². The first-order chi connectivity index (χ1) is 10.2. The van der Waals surface area contributed by atoms with Crippen LogP contribution in [0.3, 0.4) is 0 Å². The first-order valence-corrected chi connectivity index (χ1v) is 6.63. The summed E-state index contributed by atoms with van der Waals surface area (Å²) in [7, 11) is 0. The molecular formula is C17H15N3O. The van der Waals surface area contributed by atoms with Gasteiger partial charge in [0, 0.05) is 35.0 Å². The Balaban J connectivity index is 1.82. The van der Waals surface area contributed by atoms with Crippen molar-refractivity contribution >= 4 is 17.3 Å². The number of aromatic nitrogens is 1. The average Bonchev–Trinajstić information content (AvgIpc) is 3.02. The lowest BCUT2D eigenvalue weighted by Gasteiger charge is -2.08. The van der Waals surface area contributed by atoms with Crippen LogP contribution >= 0.6 is 0 Å². The van der Waals surface area contributed by atoms with Crippen LogP contribution in [0.25, 0.3) is 5.69 Å². The Morgan fingerprint density at radius 3 is 2.48 bits per heavy atom. The third kappa shape index (κ3) is 2.95. The minimum atomic E-state index is -0.174. The Kier molecular flexibility index (Phi) is 3.43. The van der Waals surface area contributed by atoms with Gasteiger partial charge in [-0.3, -0.25) is 4.79 Å². The van der Waals surface area contributed by atoms with Gasteiger partial charge in [-0.15, -0.1) is 0 Å². The van der Waals surface area contributed by atoms with Crippen molar-refractivity contribution in [1.29, 1.82) is 0 Å². The molecule has 0 fully saturated rings. The number of rotatable bonds is 3. The van der Waals surface area contributed by atoms with Crippen LogP contribution in [0.2, 0.25) is 0 Å². The fraction of sp³-hybridized carbons (Fsp3) is 0. The molecule has 2 aromatic carbocycles. The van der Waals surface area contributed by atoms with Crippen molar-refractivity contribution in [3.05, 3.63) is 78.6 Å². The molecule has 1 aromatic heterocycles. The van der Waals surface area contributed by atoms with Gasteiger partial charge in [-0.25, -0.2) is 0 Å². The maximum Gasteiger partial charge on any atom is 0.255 e. The number of anilines is 2. The van der Waals surface area contributed by atoms with Gasteiger partial charge in [-0.1, -0.05) is 12.1 Å². The van der Waals surface area contributed by atoms with Gasteiger partial charge < -0.3 is 15.6 Å². The quantitative estimate of drug-likeness (QED) is 0.721. The molecule has 1 amide bonds. The molecule has 104 valence electrons. The van der Waals surface area contributed by atoms with Gasteiger partial charge in [-0.05, 0) is 48.5 Å². The molecule has 3 rings (SSSR count). The summed E-state index contributed by atoms with van der Waals surface area (Å²) in [6.07, 6.45) is 3.91. The molecule has 3 N–H and O–H groups in total. The molecule has 0 aliphatic carbocycles. The zero-order valence-corrected chi connectivity index (χ0v) is 11.4. The molecule has 3 aromatic rings. The van der Waals surface area contributed by atoms with E-state index in [9.17, 15) is 4.79 Å². The number of nitrogens with one attached hydrogen (secondary N) is 1. The summed E-state index contributed by atoms with van der Waals surface area (Å²) in [4.78, 5) is 12.2. The maximum absolute atomic E-state index is 12.2. The predicted molar refractivity (Wildman–Crippen MR) is 84.6 cm³/mol. The van der Waals surface area contributed by atoms with Crippen LogP contribution in [-0.4, -0.2) is 10.5 Å². The fourth-order valence-electron chi connectivity index (χ4n) is 2.13. The van der Waals surface area contributed by atoms with Gasteiger partial charge in [-0.2, -0.15) is 0 Å². The average molecular weight is 277 g/mol. The van der Waals surface area contributed by atoms with Gasteiger partial charge in [0.25, 0.3) is 5.91 Å². The van der Waals surface area contributed by atoms with E-state index in [1.807, 2.05) is 53.4 Å². The summed E-state index contributed by atoms with van der Waals surface area (Å²) in [5, 5.41) is 2.88. The predicted octanol–water partition coefficient (Wildman–Crippen LogP) is 3.31. The van der Waals surface area contributed by atoms with Crippen LogP contribution in [0.4, 0.5) is 11.4 Å². The van der Waals surface area contributed by atoms with E-state index in [4.69, 9.17) is 5.73 Å². The van der Waals surface area contributed by atoms with Crippen LogP contribution in [0.1, 0.15) is 10.4 Å². The molecule has 0 spiro atoms. The van der Waals surface area contributed by atoms with E-state index in [1.165, 1.54) is 0 Å². The summed E-state index contributed by atoms with van der Waals surface area (Å²) in [6.45, 7) is 0. The second-order valence-corrected chi connectivity index (χ2v) is 4.72. The van der Waals surface area contributed by atoms with Crippen LogP contribution < -0.4 is 11.1 Å². The normalized spacial score (nSPS) is 10.3. The number of nitrogen functional groups attached to an aromatic ring is 1. The Labute approximate surface area is 122 Å². The van der Waals surface area contributed by atoms with Crippen molar-refractivity contribution < 1.29 is 4.79 Å². The van der Waals surface area contributed by atoms with Crippen LogP contribution in [0, 0.1) is 0 Å².